The fourth-order valence-electron chi connectivity index (χ4n) is 3.20. The van der Waals surface area contributed by atoms with Crippen LogP contribution in [0.3, 0.4) is 0 Å². The number of halogens is 2. The second-order valence-electron chi connectivity index (χ2n) is 7.40. The lowest BCUT2D eigenvalue weighted by atomic mass is 9.88. The van der Waals surface area contributed by atoms with Crippen molar-refractivity contribution in [2.75, 3.05) is 39.4 Å². The summed E-state index contributed by atoms with van der Waals surface area (Å²) in [7, 11) is 0. The van der Waals surface area contributed by atoms with Gasteiger partial charge in [0.2, 0.25) is 0 Å². The van der Waals surface area contributed by atoms with E-state index in [2.05, 4.69) is 30.0 Å². The van der Waals surface area contributed by atoms with E-state index in [1.165, 1.54) is 6.08 Å². The van der Waals surface area contributed by atoms with Crippen LogP contribution in [0, 0.1) is 5.41 Å². The van der Waals surface area contributed by atoms with Crippen LogP contribution < -0.4 is 5.73 Å². The highest BCUT2D eigenvalue weighted by molar-refractivity contribution is 6.43. The second-order valence-corrected chi connectivity index (χ2v) is 7.89. The number of amides is 1. The minimum atomic E-state index is -0.641. The van der Waals surface area contributed by atoms with Gasteiger partial charge < -0.3 is 15.4 Å². The van der Waals surface area contributed by atoms with Crippen LogP contribution in [0.4, 0.5) is 4.39 Å². The summed E-state index contributed by atoms with van der Waals surface area (Å²) in [5, 5.41) is 0.0695. The number of primary amides is 1. The molecule has 0 aromatic rings. The molecule has 1 saturated heterocycles. The maximum Gasteiger partial charge on any atom is 0.266 e. The molecule has 2 aliphatic rings. The molecule has 2 N–H and O–H groups in total. The predicted molar refractivity (Wildman–Crippen MR) is 108 cm³/mol. The summed E-state index contributed by atoms with van der Waals surface area (Å²) >= 11 is 5.65. The predicted octanol–water partition coefficient (Wildman–Crippen LogP) is 3.13. The van der Waals surface area contributed by atoms with Crippen molar-refractivity contribution in [1.29, 1.82) is 0 Å². The van der Waals surface area contributed by atoms with Crippen molar-refractivity contribution in [3.05, 3.63) is 47.3 Å². The van der Waals surface area contributed by atoms with Gasteiger partial charge in [-0.05, 0) is 37.1 Å². The molecule has 0 spiro atoms. The summed E-state index contributed by atoms with van der Waals surface area (Å²) < 4.78 is 19.7. The zero-order valence-electron chi connectivity index (χ0n) is 15.8. The smallest absolute Gasteiger partial charge is 0.266 e. The first kappa shape index (κ1) is 21.5. The Kier molecular flexibility index (Phi) is 7.53. The van der Waals surface area contributed by atoms with Crippen LogP contribution in [0.5, 0.6) is 0 Å². The molecule has 0 unspecified atom stereocenters. The fourth-order valence-corrected chi connectivity index (χ4v) is 3.30. The van der Waals surface area contributed by atoms with Crippen molar-refractivity contribution < 1.29 is 13.9 Å². The van der Waals surface area contributed by atoms with E-state index in [-0.39, 0.29) is 21.7 Å². The van der Waals surface area contributed by atoms with Crippen LogP contribution in [0.1, 0.15) is 19.8 Å². The Bertz CT molecular complexity index is 708. The maximum absolute atomic E-state index is 14.3. The number of hydrogen-bond donors (Lipinski definition) is 1. The van der Waals surface area contributed by atoms with Gasteiger partial charge in [0, 0.05) is 29.1 Å². The molecule has 1 fully saturated rings. The van der Waals surface area contributed by atoms with Gasteiger partial charge in [-0.1, -0.05) is 31.7 Å². The quantitative estimate of drug-likeness (QED) is 0.702. The first-order chi connectivity index (χ1) is 12.7. The molecule has 2 aliphatic heterocycles. The van der Waals surface area contributed by atoms with E-state index in [0.29, 0.717) is 18.5 Å². The number of ether oxygens (including phenoxy) is 1. The molecular formula is C20H27ClFN3O2. The standard InChI is InChI=1S/C20H27ClFN3O2/c1-14(21)9-17(22)15(2)16-5-4-7-25(11-20(3)12-27-13-20)8-6-24-18(10-16)19(23)26/h9-10H,1-2,4-8,11-13H2,3H3,(H2,23,26)/b16-10+,17-9+,24-18+. The Labute approximate surface area is 165 Å². The molecule has 0 atom stereocenters. The van der Waals surface area contributed by atoms with Crippen LogP contribution in [-0.2, 0) is 9.53 Å². The molecule has 0 aromatic carbocycles. The third kappa shape index (κ3) is 6.41. The Morgan fingerprint density at radius 1 is 1.48 bits per heavy atom. The summed E-state index contributed by atoms with van der Waals surface area (Å²) in [5.74, 6) is -1.23. The van der Waals surface area contributed by atoms with E-state index < -0.39 is 11.7 Å². The lowest BCUT2D eigenvalue weighted by molar-refractivity contribution is -0.114. The summed E-state index contributed by atoms with van der Waals surface area (Å²) in [6.07, 6.45) is 3.98. The first-order valence-corrected chi connectivity index (χ1v) is 9.34. The SMILES string of the molecule is C=C(Cl)/C=C(/F)C(=C)/C1=C/C(C(N)=O)=N\CCN(CC2(C)COC2)CCC1. The number of allylic oxidation sites excluding steroid dienone is 5. The molecule has 0 bridgehead atoms. The minimum Gasteiger partial charge on any atom is -0.380 e. The van der Waals surface area contributed by atoms with Gasteiger partial charge in [0.25, 0.3) is 5.91 Å². The minimum absolute atomic E-state index is 0.0695. The molecule has 0 aromatic heterocycles. The van der Waals surface area contributed by atoms with E-state index in [1.807, 2.05) is 0 Å². The highest BCUT2D eigenvalue weighted by Gasteiger charge is 2.35. The first-order valence-electron chi connectivity index (χ1n) is 8.96. The lowest BCUT2D eigenvalue weighted by Crippen LogP contribution is -2.49. The van der Waals surface area contributed by atoms with Crippen LogP contribution in [0.25, 0.3) is 0 Å². The Morgan fingerprint density at radius 3 is 2.74 bits per heavy atom. The van der Waals surface area contributed by atoms with Crippen LogP contribution >= 0.6 is 11.6 Å². The summed E-state index contributed by atoms with van der Waals surface area (Å²) in [5.41, 5.74) is 6.47. The van der Waals surface area contributed by atoms with E-state index in [9.17, 15) is 9.18 Å². The zero-order chi connectivity index (χ0) is 20.0. The third-order valence-electron chi connectivity index (χ3n) is 4.65. The van der Waals surface area contributed by atoms with Gasteiger partial charge in [-0.15, -0.1) is 0 Å². The summed E-state index contributed by atoms with van der Waals surface area (Å²) in [4.78, 5) is 18.4. The average molecular weight is 396 g/mol. The summed E-state index contributed by atoms with van der Waals surface area (Å²) in [6.45, 7) is 13.9. The van der Waals surface area contributed by atoms with Crippen molar-refractivity contribution >= 4 is 23.2 Å². The van der Waals surface area contributed by atoms with E-state index >= 15 is 0 Å². The van der Waals surface area contributed by atoms with E-state index in [4.69, 9.17) is 22.1 Å². The normalized spacial score (nSPS) is 25.4. The number of hydrogen-bond acceptors (Lipinski definition) is 4. The molecule has 27 heavy (non-hydrogen) atoms. The molecule has 5 nitrogen and oxygen atoms in total. The average Bonchev–Trinajstić information content (AvgIpc) is 2.56. The lowest BCUT2D eigenvalue weighted by Gasteiger charge is -2.42. The molecule has 2 heterocycles. The Balaban J connectivity index is 2.19. The zero-order valence-corrected chi connectivity index (χ0v) is 16.5. The van der Waals surface area contributed by atoms with Crippen molar-refractivity contribution in [1.82, 2.24) is 4.90 Å². The highest BCUT2D eigenvalue weighted by atomic mass is 35.5. The van der Waals surface area contributed by atoms with Gasteiger partial charge >= 0.3 is 0 Å². The molecule has 0 radical (unpaired) electrons. The number of carbonyl (C=O) groups is 1. The fraction of sp³-hybridized carbons (Fsp3) is 0.500. The maximum atomic E-state index is 14.3. The molecule has 148 valence electrons. The molecular weight excluding hydrogens is 369 g/mol. The number of nitrogens with two attached hydrogens (primary N) is 1. The van der Waals surface area contributed by atoms with Gasteiger partial charge in [-0.25, -0.2) is 4.39 Å². The van der Waals surface area contributed by atoms with Gasteiger partial charge in [0.1, 0.15) is 11.5 Å². The van der Waals surface area contributed by atoms with Crippen LogP contribution in [0.15, 0.2) is 52.3 Å². The molecule has 2 rings (SSSR count). The Morgan fingerprint density at radius 2 is 2.19 bits per heavy atom. The number of rotatable bonds is 6. The number of aliphatic imine (C=N–C) groups is 1. The second kappa shape index (κ2) is 9.44. The highest BCUT2D eigenvalue weighted by Crippen LogP contribution is 2.29. The van der Waals surface area contributed by atoms with Gasteiger partial charge in [0.15, 0.2) is 0 Å². The molecule has 0 saturated carbocycles. The van der Waals surface area contributed by atoms with Crippen LogP contribution in [0.2, 0.25) is 0 Å². The number of nitrogens with zero attached hydrogens (tertiary/aromatic N) is 2. The van der Waals surface area contributed by atoms with Crippen molar-refractivity contribution in [2.24, 2.45) is 16.1 Å². The number of carbonyl (C=O) groups excluding carboxylic acids is 1. The third-order valence-corrected chi connectivity index (χ3v) is 4.76. The Hall–Kier alpha value is -1.76. The van der Waals surface area contributed by atoms with Crippen LogP contribution in [-0.4, -0.2) is 55.9 Å². The van der Waals surface area contributed by atoms with Crippen molar-refractivity contribution in [3.8, 4) is 0 Å². The molecule has 1 amide bonds. The van der Waals surface area contributed by atoms with Crippen molar-refractivity contribution in [2.45, 2.75) is 19.8 Å². The summed E-state index contributed by atoms with van der Waals surface area (Å²) in [6, 6.07) is 0. The largest absolute Gasteiger partial charge is 0.380 e. The van der Waals surface area contributed by atoms with Gasteiger partial charge in [-0.3, -0.25) is 9.79 Å². The molecule has 7 heteroatoms. The topological polar surface area (TPSA) is 67.9 Å². The van der Waals surface area contributed by atoms with E-state index in [1.54, 1.807) is 0 Å². The monoisotopic (exact) mass is 395 g/mol. The molecule has 0 aliphatic carbocycles. The van der Waals surface area contributed by atoms with Crippen molar-refractivity contribution in [3.63, 3.8) is 0 Å². The van der Waals surface area contributed by atoms with Gasteiger partial charge in [0.05, 0.1) is 19.8 Å². The van der Waals surface area contributed by atoms with Gasteiger partial charge in [-0.2, -0.15) is 0 Å². The van der Waals surface area contributed by atoms with E-state index in [0.717, 1.165) is 45.3 Å².